The third-order valence-electron chi connectivity index (χ3n) is 3.94. The summed E-state index contributed by atoms with van der Waals surface area (Å²) in [6, 6.07) is 9.91. The van der Waals surface area contributed by atoms with Crippen LogP contribution in [0.4, 0.5) is 5.82 Å². The summed E-state index contributed by atoms with van der Waals surface area (Å²) in [5.41, 5.74) is 1.90. The number of benzene rings is 1. The van der Waals surface area contributed by atoms with Gasteiger partial charge < -0.3 is 9.72 Å². The zero-order valence-corrected chi connectivity index (χ0v) is 15.8. The summed E-state index contributed by atoms with van der Waals surface area (Å²) in [5, 5.41) is 18.2. The Kier molecular flexibility index (Phi) is 5.03. The van der Waals surface area contributed by atoms with Crippen molar-refractivity contribution in [3.63, 3.8) is 0 Å². The number of imidazole rings is 1. The molecule has 0 unspecified atom stereocenters. The van der Waals surface area contributed by atoms with E-state index in [0.717, 1.165) is 16.2 Å². The number of H-pyrrole nitrogens is 1. The van der Waals surface area contributed by atoms with Crippen LogP contribution in [0.25, 0.3) is 20.7 Å². The molecule has 4 rings (SSSR count). The van der Waals surface area contributed by atoms with Crippen LogP contribution in [0, 0.1) is 11.3 Å². The Hall–Kier alpha value is -3.64. The van der Waals surface area contributed by atoms with E-state index >= 15 is 0 Å². The third-order valence-corrected chi connectivity index (χ3v) is 5.15. The molecule has 138 valence electrons. The molecule has 0 aliphatic heterocycles. The number of fused-ring (bicyclic) bond motifs is 1. The fraction of sp³-hybridized carbons (Fsp3) is 0.158. The SMILES string of the molecule is CCOc1ccccc1-c1sc2c(N=NCc3ncc[nH]3)ncnc2c1C#N. The maximum Gasteiger partial charge on any atom is 0.195 e. The number of nitriles is 1. The van der Waals surface area contributed by atoms with Crippen LogP contribution in [0.2, 0.25) is 0 Å². The van der Waals surface area contributed by atoms with E-state index in [9.17, 15) is 5.26 Å². The predicted molar refractivity (Wildman–Crippen MR) is 106 cm³/mol. The van der Waals surface area contributed by atoms with E-state index in [1.807, 2.05) is 31.2 Å². The number of ether oxygens (including phenoxy) is 1. The number of rotatable bonds is 6. The molecule has 0 fully saturated rings. The van der Waals surface area contributed by atoms with Gasteiger partial charge >= 0.3 is 0 Å². The monoisotopic (exact) mass is 389 g/mol. The van der Waals surface area contributed by atoms with E-state index in [1.54, 1.807) is 12.4 Å². The lowest BCUT2D eigenvalue weighted by Gasteiger charge is -2.08. The lowest BCUT2D eigenvalue weighted by molar-refractivity contribution is 0.341. The van der Waals surface area contributed by atoms with Gasteiger partial charge in [-0.3, -0.25) is 0 Å². The molecular weight excluding hydrogens is 374 g/mol. The normalized spacial score (nSPS) is 11.1. The minimum absolute atomic E-state index is 0.314. The first-order valence-corrected chi connectivity index (χ1v) is 9.39. The number of azo groups is 1. The molecule has 3 aromatic heterocycles. The number of thiophene rings is 1. The first-order valence-electron chi connectivity index (χ1n) is 8.57. The van der Waals surface area contributed by atoms with E-state index in [4.69, 9.17) is 4.74 Å². The Morgan fingerprint density at radius 1 is 1.25 bits per heavy atom. The Labute approximate surface area is 164 Å². The maximum absolute atomic E-state index is 9.77. The van der Waals surface area contributed by atoms with Crippen LogP contribution in [0.3, 0.4) is 0 Å². The van der Waals surface area contributed by atoms with Crippen LogP contribution < -0.4 is 4.74 Å². The molecule has 0 aliphatic carbocycles. The van der Waals surface area contributed by atoms with Gasteiger partial charge in [-0.2, -0.15) is 10.4 Å². The second-order valence-electron chi connectivity index (χ2n) is 5.66. The number of hydrogen-bond acceptors (Lipinski definition) is 8. The van der Waals surface area contributed by atoms with Crippen molar-refractivity contribution >= 4 is 27.4 Å². The lowest BCUT2D eigenvalue weighted by Crippen LogP contribution is -1.93. The number of nitrogens with one attached hydrogen (secondary N) is 1. The average molecular weight is 389 g/mol. The van der Waals surface area contributed by atoms with Gasteiger partial charge in [-0.25, -0.2) is 15.0 Å². The Bertz CT molecular complexity index is 1170. The highest BCUT2D eigenvalue weighted by molar-refractivity contribution is 7.23. The summed E-state index contributed by atoms with van der Waals surface area (Å²) >= 11 is 1.41. The zero-order valence-electron chi connectivity index (χ0n) is 15.0. The summed E-state index contributed by atoms with van der Waals surface area (Å²) in [6.45, 7) is 2.78. The highest BCUT2D eigenvalue weighted by Crippen LogP contribution is 2.43. The zero-order chi connectivity index (χ0) is 19.3. The lowest BCUT2D eigenvalue weighted by atomic mass is 10.1. The molecule has 0 saturated carbocycles. The molecule has 0 radical (unpaired) electrons. The second-order valence-corrected chi connectivity index (χ2v) is 6.68. The first kappa shape index (κ1) is 17.8. The van der Waals surface area contributed by atoms with Gasteiger partial charge in [0.1, 0.15) is 40.7 Å². The van der Waals surface area contributed by atoms with E-state index in [0.29, 0.717) is 40.6 Å². The highest BCUT2D eigenvalue weighted by atomic mass is 32.1. The number of para-hydroxylation sites is 1. The van der Waals surface area contributed by atoms with Crippen molar-refractivity contribution in [2.45, 2.75) is 13.5 Å². The van der Waals surface area contributed by atoms with Crippen LogP contribution in [0.1, 0.15) is 18.3 Å². The molecule has 0 atom stereocenters. The van der Waals surface area contributed by atoms with Crippen molar-refractivity contribution < 1.29 is 4.74 Å². The van der Waals surface area contributed by atoms with Gasteiger partial charge in [0.2, 0.25) is 0 Å². The summed E-state index contributed by atoms with van der Waals surface area (Å²) in [4.78, 5) is 16.4. The molecule has 3 heterocycles. The number of aromatic amines is 1. The van der Waals surface area contributed by atoms with Gasteiger partial charge in [-0.05, 0) is 19.1 Å². The summed E-state index contributed by atoms with van der Waals surface area (Å²) in [6.07, 6.45) is 4.79. The van der Waals surface area contributed by atoms with Gasteiger partial charge in [0.25, 0.3) is 0 Å². The molecule has 0 spiro atoms. The Morgan fingerprint density at radius 3 is 2.93 bits per heavy atom. The first-order chi connectivity index (χ1) is 13.8. The van der Waals surface area contributed by atoms with Gasteiger partial charge in [0, 0.05) is 18.0 Å². The smallest absolute Gasteiger partial charge is 0.195 e. The minimum atomic E-state index is 0.314. The highest BCUT2D eigenvalue weighted by Gasteiger charge is 2.20. The van der Waals surface area contributed by atoms with E-state index < -0.39 is 0 Å². The van der Waals surface area contributed by atoms with Crippen LogP contribution >= 0.6 is 11.3 Å². The minimum Gasteiger partial charge on any atom is -0.493 e. The number of nitrogens with zero attached hydrogens (tertiary/aromatic N) is 6. The fourth-order valence-electron chi connectivity index (χ4n) is 2.75. The third kappa shape index (κ3) is 3.33. The standard InChI is InChI=1S/C19H15N7OS/c1-2-27-14-6-4-3-5-12(14)17-13(9-20)16-18(28-17)19(24-11-23-16)26-25-10-15-21-7-8-22-15/h3-8,11H,2,10H2,1H3,(H,21,22). The van der Waals surface area contributed by atoms with Crippen LogP contribution in [-0.4, -0.2) is 26.5 Å². The number of hydrogen-bond donors (Lipinski definition) is 1. The van der Waals surface area contributed by atoms with Gasteiger partial charge in [-0.15, -0.1) is 16.5 Å². The molecule has 28 heavy (non-hydrogen) atoms. The van der Waals surface area contributed by atoms with E-state index in [2.05, 4.69) is 36.2 Å². The predicted octanol–water partition coefficient (Wildman–Crippen LogP) is 4.64. The molecular formula is C19H15N7OS. The summed E-state index contributed by atoms with van der Waals surface area (Å²) < 4.78 is 6.44. The molecule has 1 N–H and O–H groups in total. The van der Waals surface area contributed by atoms with Crippen LogP contribution in [0.5, 0.6) is 5.75 Å². The quantitative estimate of drug-likeness (QED) is 0.483. The molecule has 8 nitrogen and oxygen atoms in total. The van der Waals surface area contributed by atoms with Gasteiger partial charge in [0.15, 0.2) is 5.82 Å². The average Bonchev–Trinajstić information content (AvgIpc) is 3.36. The molecule has 9 heteroatoms. The molecule has 0 amide bonds. The molecule has 1 aromatic carbocycles. The molecule has 0 saturated heterocycles. The van der Waals surface area contributed by atoms with Crippen molar-refractivity contribution in [3.8, 4) is 22.3 Å². The van der Waals surface area contributed by atoms with Crippen molar-refractivity contribution in [1.82, 2.24) is 19.9 Å². The largest absolute Gasteiger partial charge is 0.493 e. The maximum atomic E-state index is 9.77. The van der Waals surface area contributed by atoms with Crippen molar-refractivity contribution in [1.29, 1.82) is 5.26 Å². The second kappa shape index (κ2) is 7.94. The van der Waals surface area contributed by atoms with E-state index in [1.165, 1.54) is 17.7 Å². The topological polar surface area (TPSA) is 112 Å². The van der Waals surface area contributed by atoms with Gasteiger partial charge in [0.05, 0.1) is 17.0 Å². The molecule has 4 aromatic rings. The van der Waals surface area contributed by atoms with Crippen molar-refractivity contribution in [2.75, 3.05) is 6.61 Å². The van der Waals surface area contributed by atoms with Crippen LogP contribution in [-0.2, 0) is 6.54 Å². The number of aromatic nitrogens is 4. The Morgan fingerprint density at radius 2 is 2.14 bits per heavy atom. The molecule has 0 bridgehead atoms. The van der Waals surface area contributed by atoms with Crippen molar-refractivity contribution in [3.05, 3.63) is 54.4 Å². The van der Waals surface area contributed by atoms with E-state index in [-0.39, 0.29) is 0 Å². The summed E-state index contributed by atoms with van der Waals surface area (Å²) in [7, 11) is 0. The van der Waals surface area contributed by atoms with Gasteiger partial charge in [-0.1, -0.05) is 12.1 Å². The van der Waals surface area contributed by atoms with Crippen LogP contribution in [0.15, 0.2) is 53.2 Å². The van der Waals surface area contributed by atoms with Crippen molar-refractivity contribution in [2.24, 2.45) is 10.2 Å². The molecule has 0 aliphatic rings. The fourth-order valence-corrected chi connectivity index (χ4v) is 3.91. The Balaban J connectivity index is 1.80. The summed E-state index contributed by atoms with van der Waals surface area (Å²) in [5.74, 6) is 1.87.